The first-order valence-electron chi connectivity index (χ1n) is 8.72. The number of nitrogens with one attached hydrogen (secondary N) is 2. The predicted octanol–water partition coefficient (Wildman–Crippen LogP) is 4.62. The molecule has 0 spiro atoms. The Labute approximate surface area is 182 Å². The summed E-state index contributed by atoms with van der Waals surface area (Å²) in [5.41, 5.74) is 0.850. The summed E-state index contributed by atoms with van der Waals surface area (Å²) in [5, 5.41) is 6.20. The maximum atomic E-state index is 12.9. The Balaban J connectivity index is 1.84. The molecule has 2 amide bonds. The van der Waals surface area contributed by atoms with Crippen LogP contribution in [0.25, 0.3) is 5.57 Å². The van der Waals surface area contributed by atoms with Crippen LogP contribution in [0.15, 0.2) is 60.4 Å². The van der Waals surface area contributed by atoms with Gasteiger partial charge in [0.25, 0.3) is 5.91 Å². The zero-order valence-corrected chi connectivity index (χ0v) is 18.4. The number of anilines is 1. The van der Waals surface area contributed by atoms with E-state index in [1.807, 2.05) is 30.3 Å². The minimum absolute atomic E-state index is 0.252. The number of carbonyl (C=O) groups excluding carboxylic acids is 2. The van der Waals surface area contributed by atoms with E-state index in [0.29, 0.717) is 26.5 Å². The molecule has 0 aliphatic carbocycles. The van der Waals surface area contributed by atoms with E-state index >= 15 is 0 Å². The van der Waals surface area contributed by atoms with Crippen molar-refractivity contribution < 1.29 is 14.3 Å². The third-order valence-corrected chi connectivity index (χ3v) is 5.46. The number of halogens is 2. The minimum Gasteiger partial charge on any atom is -0.472 e. The SMILES string of the molecule is CC(C)(C(=O)Nc1cccc(Cl)c1)[C@@H]1NC(=O)C(c2ccccc2)=C(CI)O1. The fourth-order valence-electron chi connectivity index (χ4n) is 2.85. The molecule has 1 heterocycles. The highest BCUT2D eigenvalue weighted by Gasteiger charge is 2.43. The molecule has 7 heteroatoms. The Morgan fingerprint density at radius 1 is 1.21 bits per heavy atom. The van der Waals surface area contributed by atoms with Gasteiger partial charge in [-0.15, -0.1) is 0 Å². The number of hydrogen-bond acceptors (Lipinski definition) is 3. The lowest BCUT2D eigenvalue weighted by Crippen LogP contribution is -2.54. The summed E-state index contributed by atoms with van der Waals surface area (Å²) >= 11 is 8.14. The minimum atomic E-state index is -1.02. The van der Waals surface area contributed by atoms with Crippen molar-refractivity contribution in [1.29, 1.82) is 0 Å². The van der Waals surface area contributed by atoms with E-state index in [4.69, 9.17) is 16.3 Å². The highest BCUT2D eigenvalue weighted by molar-refractivity contribution is 14.1. The molecule has 0 radical (unpaired) electrons. The molecule has 1 atom stereocenters. The summed E-state index contributed by atoms with van der Waals surface area (Å²) in [7, 11) is 0. The number of alkyl halides is 1. The van der Waals surface area contributed by atoms with E-state index in [-0.39, 0.29) is 11.8 Å². The average Bonchev–Trinajstić information content (AvgIpc) is 2.67. The summed E-state index contributed by atoms with van der Waals surface area (Å²) in [4.78, 5) is 25.7. The Morgan fingerprint density at radius 2 is 1.93 bits per heavy atom. The molecule has 5 nitrogen and oxygen atoms in total. The highest BCUT2D eigenvalue weighted by atomic mass is 127. The van der Waals surface area contributed by atoms with E-state index in [9.17, 15) is 9.59 Å². The van der Waals surface area contributed by atoms with Crippen molar-refractivity contribution in [3.8, 4) is 0 Å². The maximum Gasteiger partial charge on any atom is 0.258 e. The Hall–Kier alpha value is -2.06. The molecule has 2 N–H and O–H groups in total. The van der Waals surface area contributed by atoms with Crippen molar-refractivity contribution in [3.63, 3.8) is 0 Å². The zero-order valence-electron chi connectivity index (χ0n) is 15.5. The monoisotopic (exact) mass is 510 g/mol. The standard InChI is InChI=1S/C21H20ClIN2O3/c1-21(2,19(27)24-15-10-6-9-14(22)11-15)20-25-18(26)17(16(12-23)28-20)13-7-4-3-5-8-13/h3-11,20H,12H2,1-2H3,(H,24,27)(H,25,26)/t20-/m1/s1. The molecule has 0 bridgehead atoms. The first kappa shape index (κ1) is 20.7. The summed E-state index contributed by atoms with van der Waals surface area (Å²) in [5.74, 6) is 0.0259. The lowest BCUT2D eigenvalue weighted by molar-refractivity contribution is -0.137. The maximum absolute atomic E-state index is 12.9. The van der Waals surface area contributed by atoms with Crippen LogP contribution < -0.4 is 10.6 Å². The van der Waals surface area contributed by atoms with Crippen molar-refractivity contribution in [2.75, 3.05) is 9.74 Å². The van der Waals surface area contributed by atoms with E-state index in [0.717, 1.165) is 5.56 Å². The second-order valence-electron chi connectivity index (χ2n) is 6.96. The number of hydrogen-bond donors (Lipinski definition) is 2. The number of ether oxygens (including phenoxy) is 1. The van der Waals surface area contributed by atoms with Gasteiger partial charge in [0.15, 0.2) is 6.23 Å². The zero-order chi connectivity index (χ0) is 20.3. The van der Waals surface area contributed by atoms with Crippen molar-refractivity contribution in [3.05, 3.63) is 70.9 Å². The quantitative estimate of drug-likeness (QED) is 0.456. The number of amides is 2. The molecule has 28 heavy (non-hydrogen) atoms. The van der Waals surface area contributed by atoms with E-state index in [1.54, 1.807) is 38.1 Å². The molecule has 2 aromatic rings. The van der Waals surface area contributed by atoms with Crippen LogP contribution >= 0.6 is 34.2 Å². The lowest BCUT2D eigenvalue weighted by atomic mass is 9.88. The van der Waals surface area contributed by atoms with Gasteiger partial charge in [0.2, 0.25) is 5.91 Å². The van der Waals surface area contributed by atoms with Gasteiger partial charge in [-0.3, -0.25) is 9.59 Å². The first-order valence-corrected chi connectivity index (χ1v) is 10.6. The largest absolute Gasteiger partial charge is 0.472 e. The molecule has 146 valence electrons. The topological polar surface area (TPSA) is 67.4 Å². The summed E-state index contributed by atoms with van der Waals surface area (Å²) in [6, 6.07) is 16.3. The molecule has 0 saturated carbocycles. The van der Waals surface area contributed by atoms with Crippen LogP contribution in [-0.4, -0.2) is 22.5 Å². The molecular formula is C21H20ClIN2O3. The van der Waals surface area contributed by atoms with Crippen molar-refractivity contribution in [2.45, 2.75) is 20.1 Å². The molecule has 0 aromatic heterocycles. The summed E-state index contributed by atoms with van der Waals surface area (Å²) in [6.07, 6.45) is -0.795. The molecule has 0 fully saturated rings. The fourth-order valence-corrected chi connectivity index (χ4v) is 3.60. The Morgan fingerprint density at radius 3 is 2.57 bits per heavy atom. The average molecular weight is 511 g/mol. The smallest absolute Gasteiger partial charge is 0.258 e. The van der Waals surface area contributed by atoms with Gasteiger partial charge in [0, 0.05) is 10.7 Å². The van der Waals surface area contributed by atoms with Gasteiger partial charge in [-0.2, -0.15) is 0 Å². The third kappa shape index (κ3) is 4.33. The van der Waals surface area contributed by atoms with E-state index in [1.165, 1.54) is 0 Å². The van der Waals surface area contributed by atoms with Crippen molar-refractivity contribution >= 4 is 57.3 Å². The van der Waals surface area contributed by atoms with Crippen LogP contribution in [0.4, 0.5) is 5.69 Å². The van der Waals surface area contributed by atoms with Crippen LogP contribution in [-0.2, 0) is 14.3 Å². The predicted molar refractivity (Wildman–Crippen MR) is 119 cm³/mol. The van der Waals surface area contributed by atoms with E-state index in [2.05, 4.69) is 33.2 Å². The van der Waals surface area contributed by atoms with Crippen LogP contribution in [0.5, 0.6) is 0 Å². The number of allylic oxidation sites excluding steroid dienone is 1. The van der Waals surface area contributed by atoms with Gasteiger partial charge < -0.3 is 15.4 Å². The second-order valence-corrected chi connectivity index (χ2v) is 8.15. The van der Waals surface area contributed by atoms with Gasteiger partial charge in [-0.1, -0.05) is 70.6 Å². The molecule has 0 saturated heterocycles. The fraction of sp³-hybridized carbons (Fsp3) is 0.238. The number of benzene rings is 2. The van der Waals surface area contributed by atoms with Gasteiger partial charge in [0.1, 0.15) is 5.76 Å². The summed E-state index contributed by atoms with van der Waals surface area (Å²) < 4.78 is 6.59. The summed E-state index contributed by atoms with van der Waals surface area (Å²) in [6.45, 7) is 3.46. The van der Waals surface area contributed by atoms with Crippen LogP contribution in [0, 0.1) is 5.41 Å². The Kier molecular flexibility index (Phi) is 6.30. The van der Waals surface area contributed by atoms with Gasteiger partial charge in [-0.25, -0.2) is 0 Å². The van der Waals surface area contributed by atoms with Gasteiger partial charge in [0.05, 0.1) is 15.4 Å². The molecule has 0 unspecified atom stereocenters. The molecule has 1 aliphatic rings. The third-order valence-electron chi connectivity index (χ3n) is 4.54. The second kappa shape index (κ2) is 8.53. The normalized spacial score (nSPS) is 17.0. The van der Waals surface area contributed by atoms with Crippen LogP contribution in [0.2, 0.25) is 5.02 Å². The highest BCUT2D eigenvalue weighted by Crippen LogP contribution is 2.33. The van der Waals surface area contributed by atoms with E-state index < -0.39 is 11.6 Å². The van der Waals surface area contributed by atoms with Gasteiger partial charge in [-0.05, 0) is 37.6 Å². The Bertz CT molecular complexity index is 928. The van der Waals surface area contributed by atoms with Gasteiger partial charge >= 0.3 is 0 Å². The van der Waals surface area contributed by atoms with Crippen molar-refractivity contribution in [1.82, 2.24) is 5.32 Å². The molecular weight excluding hydrogens is 491 g/mol. The van der Waals surface area contributed by atoms with Crippen molar-refractivity contribution in [2.24, 2.45) is 5.41 Å². The molecule has 1 aliphatic heterocycles. The number of carbonyl (C=O) groups is 2. The molecule has 2 aromatic carbocycles. The number of rotatable bonds is 5. The van der Waals surface area contributed by atoms with Crippen LogP contribution in [0.1, 0.15) is 19.4 Å². The lowest BCUT2D eigenvalue weighted by Gasteiger charge is -2.37. The first-order chi connectivity index (χ1) is 13.3. The molecule has 3 rings (SSSR count). The van der Waals surface area contributed by atoms with Crippen LogP contribution in [0.3, 0.4) is 0 Å².